The first kappa shape index (κ1) is 18.2. The van der Waals surface area contributed by atoms with Crippen molar-refractivity contribution in [1.82, 2.24) is 0 Å². The molecule has 1 amide bonds. The molecule has 0 spiro atoms. The fourth-order valence-electron chi connectivity index (χ4n) is 2.50. The predicted molar refractivity (Wildman–Crippen MR) is 101 cm³/mol. The van der Waals surface area contributed by atoms with Crippen LogP contribution in [-0.4, -0.2) is 23.6 Å². The molecule has 0 aliphatic rings. The zero-order chi connectivity index (χ0) is 19.4. The number of hydrogen-bond donors (Lipinski definition) is 2. The molecule has 3 aromatic rings. The number of hydrogen-bond acceptors (Lipinski definition) is 5. The molecule has 7 heteroatoms. The molecule has 0 heterocycles. The lowest BCUT2D eigenvalue weighted by molar-refractivity contribution is -0.119. The van der Waals surface area contributed by atoms with Gasteiger partial charge in [-0.1, -0.05) is 35.9 Å². The minimum atomic E-state index is -0.833. The van der Waals surface area contributed by atoms with E-state index in [0.29, 0.717) is 5.02 Å². The monoisotopic (exact) mass is 380 g/mol. The Morgan fingerprint density at radius 2 is 1.81 bits per heavy atom. The van der Waals surface area contributed by atoms with E-state index >= 15 is 0 Å². The molecular weight excluding hydrogens is 368 g/mol. The summed E-state index contributed by atoms with van der Waals surface area (Å²) in [5.74, 6) is -1.71. The minimum Gasteiger partial charge on any atom is -0.507 e. The van der Waals surface area contributed by atoms with Crippen molar-refractivity contribution in [1.29, 1.82) is 5.26 Å². The summed E-state index contributed by atoms with van der Waals surface area (Å²) >= 11 is 5.86. The number of phenols is 1. The van der Waals surface area contributed by atoms with E-state index in [0.717, 1.165) is 10.8 Å². The number of esters is 1. The lowest BCUT2D eigenvalue weighted by Crippen LogP contribution is -2.21. The largest absolute Gasteiger partial charge is 0.507 e. The van der Waals surface area contributed by atoms with Gasteiger partial charge < -0.3 is 15.2 Å². The standard InChI is InChI=1S/C20H13ClN2O4/c21-15-6-5-14(10-22)17(9-15)23-19(25)11-27-20(26)16-7-12-3-1-2-4-13(12)8-18(16)24/h1-9,24H,11H2,(H,23,25). The van der Waals surface area contributed by atoms with Crippen LogP contribution >= 0.6 is 11.6 Å². The van der Waals surface area contributed by atoms with Gasteiger partial charge in [0.2, 0.25) is 0 Å². The van der Waals surface area contributed by atoms with Gasteiger partial charge in [0.25, 0.3) is 5.91 Å². The summed E-state index contributed by atoms with van der Waals surface area (Å²) in [5.41, 5.74) is 0.410. The molecule has 0 fully saturated rings. The first-order chi connectivity index (χ1) is 13.0. The van der Waals surface area contributed by atoms with Crippen LogP contribution in [0.2, 0.25) is 5.02 Å². The van der Waals surface area contributed by atoms with Crippen molar-refractivity contribution in [2.75, 3.05) is 11.9 Å². The van der Waals surface area contributed by atoms with Crippen LogP contribution in [0.25, 0.3) is 10.8 Å². The summed E-state index contributed by atoms with van der Waals surface area (Å²) in [6, 6.07) is 16.5. The first-order valence-electron chi connectivity index (χ1n) is 7.86. The van der Waals surface area contributed by atoms with Crippen LogP contribution in [-0.2, 0) is 9.53 Å². The Hall–Kier alpha value is -3.56. The highest BCUT2D eigenvalue weighted by molar-refractivity contribution is 6.31. The zero-order valence-corrected chi connectivity index (χ0v) is 14.7. The number of nitrogens with one attached hydrogen (secondary N) is 1. The Bertz CT molecular complexity index is 1090. The number of ether oxygens (including phenoxy) is 1. The van der Waals surface area contributed by atoms with Gasteiger partial charge in [-0.15, -0.1) is 0 Å². The van der Waals surface area contributed by atoms with Gasteiger partial charge in [0, 0.05) is 5.02 Å². The highest BCUT2D eigenvalue weighted by Crippen LogP contribution is 2.25. The fourth-order valence-corrected chi connectivity index (χ4v) is 2.68. The molecule has 3 aromatic carbocycles. The average molecular weight is 381 g/mol. The van der Waals surface area contributed by atoms with E-state index in [2.05, 4.69) is 5.32 Å². The van der Waals surface area contributed by atoms with Crippen LogP contribution < -0.4 is 5.32 Å². The smallest absolute Gasteiger partial charge is 0.342 e. The Morgan fingerprint density at radius 3 is 2.52 bits per heavy atom. The Morgan fingerprint density at radius 1 is 1.11 bits per heavy atom. The van der Waals surface area contributed by atoms with E-state index < -0.39 is 18.5 Å². The molecule has 0 radical (unpaired) electrons. The van der Waals surface area contributed by atoms with Gasteiger partial charge in [-0.2, -0.15) is 5.26 Å². The Labute approximate surface area is 159 Å². The number of benzene rings is 3. The maximum atomic E-state index is 12.2. The van der Waals surface area contributed by atoms with Crippen molar-refractivity contribution in [3.05, 3.63) is 70.7 Å². The van der Waals surface area contributed by atoms with Gasteiger partial charge in [-0.25, -0.2) is 4.79 Å². The summed E-state index contributed by atoms with van der Waals surface area (Å²) in [6.45, 7) is -0.581. The quantitative estimate of drug-likeness (QED) is 0.669. The third-order valence-corrected chi connectivity index (χ3v) is 4.03. The molecule has 0 atom stereocenters. The highest BCUT2D eigenvalue weighted by Gasteiger charge is 2.16. The normalized spacial score (nSPS) is 10.2. The third-order valence-electron chi connectivity index (χ3n) is 3.79. The van der Waals surface area contributed by atoms with Gasteiger partial charge in [-0.3, -0.25) is 4.79 Å². The number of halogens is 1. The lowest BCUT2D eigenvalue weighted by Gasteiger charge is -2.09. The molecule has 0 aromatic heterocycles. The number of nitriles is 1. The first-order valence-corrected chi connectivity index (χ1v) is 8.24. The van der Waals surface area contributed by atoms with Crippen molar-refractivity contribution in [2.45, 2.75) is 0 Å². The van der Waals surface area contributed by atoms with Crippen LogP contribution in [0.1, 0.15) is 15.9 Å². The number of carbonyl (C=O) groups is 2. The number of amides is 1. The predicted octanol–water partition coefficient (Wildman–Crippen LogP) is 3.87. The van der Waals surface area contributed by atoms with Crippen LogP contribution in [0.15, 0.2) is 54.6 Å². The third kappa shape index (κ3) is 4.17. The summed E-state index contributed by atoms with van der Waals surface area (Å²) in [7, 11) is 0. The second-order valence-electron chi connectivity index (χ2n) is 5.64. The van der Waals surface area contributed by atoms with Gasteiger partial charge in [0.1, 0.15) is 17.4 Å². The summed E-state index contributed by atoms with van der Waals surface area (Å²) < 4.78 is 4.97. The molecule has 0 unspecified atom stereocenters. The molecule has 3 rings (SSSR count). The highest BCUT2D eigenvalue weighted by atomic mass is 35.5. The molecule has 134 valence electrons. The molecule has 6 nitrogen and oxygen atoms in total. The topological polar surface area (TPSA) is 99.4 Å². The van der Waals surface area contributed by atoms with E-state index in [-0.39, 0.29) is 22.6 Å². The maximum absolute atomic E-state index is 12.2. The van der Waals surface area contributed by atoms with Crippen molar-refractivity contribution in [3.8, 4) is 11.8 Å². The van der Waals surface area contributed by atoms with E-state index in [1.165, 1.54) is 30.3 Å². The van der Waals surface area contributed by atoms with Gasteiger partial charge in [-0.05, 0) is 41.1 Å². The number of rotatable bonds is 4. The number of fused-ring (bicyclic) bond motifs is 1. The summed E-state index contributed by atoms with van der Waals surface area (Å²) in [6.07, 6.45) is 0. The molecule has 0 saturated heterocycles. The second kappa shape index (κ2) is 7.77. The maximum Gasteiger partial charge on any atom is 0.342 e. The van der Waals surface area contributed by atoms with Crippen LogP contribution in [0.5, 0.6) is 5.75 Å². The lowest BCUT2D eigenvalue weighted by atomic mass is 10.1. The number of aromatic hydroxyl groups is 1. The number of nitrogens with zero attached hydrogens (tertiary/aromatic N) is 1. The van der Waals surface area contributed by atoms with E-state index in [9.17, 15) is 14.7 Å². The molecule has 0 aliphatic carbocycles. The summed E-state index contributed by atoms with van der Waals surface area (Å²) in [5, 5.41) is 23.4. The second-order valence-corrected chi connectivity index (χ2v) is 6.08. The van der Waals surface area contributed by atoms with Crippen molar-refractivity contribution in [2.24, 2.45) is 0 Å². The van der Waals surface area contributed by atoms with Crippen molar-refractivity contribution >= 4 is 39.9 Å². The van der Waals surface area contributed by atoms with Crippen molar-refractivity contribution < 1.29 is 19.4 Å². The van der Waals surface area contributed by atoms with Crippen molar-refractivity contribution in [3.63, 3.8) is 0 Å². The SMILES string of the molecule is N#Cc1ccc(Cl)cc1NC(=O)COC(=O)c1cc2ccccc2cc1O. The molecular formula is C20H13ClN2O4. The van der Waals surface area contributed by atoms with Gasteiger partial charge in [0.15, 0.2) is 6.61 Å². The molecule has 0 bridgehead atoms. The van der Waals surface area contributed by atoms with Crippen LogP contribution in [0, 0.1) is 11.3 Å². The van der Waals surface area contributed by atoms with E-state index in [1.807, 2.05) is 12.1 Å². The van der Waals surface area contributed by atoms with Crippen LogP contribution in [0.4, 0.5) is 5.69 Å². The number of carbonyl (C=O) groups excluding carboxylic acids is 2. The molecule has 27 heavy (non-hydrogen) atoms. The summed E-state index contributed by atoms with van der Waals surface area (Å²) in [4.78, 5) is 24.2. The molecule has 2 N–H and O–H groups in total. The Kier molecular flexibility index (Phi) is 5.25. The van der Waals surface area contributed by atoms with E-state index in [1.54, 1.807) is 18.2 Å². The molecule has 0 aliphatic heterocycles. The number of phenolic OH excluding ortho intramolecular Hbond substituents is 1. The number of anilines is 1. The fraction of sp³-hybridized carbons (Fsp3) is 0.0500. The van der Waals surface area contributed by atoms with Crippen LogP contribution in [0.3, 0.4) is 0 Å². The Balaban J connectivity index is 1.69. The van der Waals surface area contributed by atoms with Gasteiger partial charge in [0.05, 0.1) is 11.3 Å². The van der Waals surface area contributed by atoms with Gasteiger partial charge >= 0.3 is 5.97 Å². The van der Waals surface area contributed by atoms with E-state index in [4.69, 9.17) is 21.6 Å². The molecule has 0 saturated carbocycles. The zero-order valence-electron chi connectivity index (χ0n) is 13.9. The average Bonchev–Trinajstić information content (AvgIpc) is 2.65. The minimum absolute atomic E-state index is 0.0398.